The predicted octanol–water partition coefficient (Wildman–Crippen LogP) is 1.72. The summed E-state index contributed by atoms with van der Waals surface area (Å²) in [6.07, 6.45) is 1.17. The summed E-state index contributed by atoms with van der Waals surface area (Å²) in [7, 11) is 2.11. The van der Waals surface area contributed by atoms with Gasteiger partial charge in [-0.3, -0.25) is 0 Å². The van der Waals surface area contributed by atoms with Crippen LogP contribution in [-0.2, 0) is 0 Å². The lowest BCUT2D eigenvalue weighted by Gasteiger charge is -2.15. The van der Waals surface area contributed by atoms with E-state index in [9.17, 15) is 0 Å². The fraction of sp³-hybridized carbons (Fsp3) is 0.467. The molecule has 1 rings (SSSR count). The zero-order valence-corrected chi connectivity index (χ0v) is 11.3. The van der Waals surface area contributed by atoms with Crippen molar-refractivity contribution in [2.75, 3.05) is 33.3 Å². The molecule has 1 aromatic rings. The summed E-state index contributed by atoms with van der Waals surface area (Å²) < 4.78 is 5.70. The van der Waals surface area contributed by atoms with Crippen LogP contribution in [0.25, 0.3) is 0 Å². The van der Waals surface area contributed by atoms with Crippen LogP contribution >= 0.6 is 0 Å². The zero-order valence-electron chi connectivity index (χ0n) is 11.3. The third kappa shape index (κ3) is 5.72. The molecule has 0 radical (unpaired) electrons. The first-order valence-electron chi connectivity index (χ1n) is 6.36. The Kier molecular flexibility index (Phi) is 6.93. The quantitative estimate of drug-likeness (QED) is 0.777. The Morgan fingerprint density at radius 1 is 1.33 bits per heavy atom. The van der Waals surface area contributed by atoms with E-state index in [0.29, 0.717) is 13.2 Å². The lowest BCUT2D eigenvalue weighted by molar-refractivity contribution is 0.237. The van der Waals surface area contributed by atoms with E-state index in [1.54, 1.807) is 0 Å². The molecule has 3 nitrogen and oxygen atoms in total. The van der Waals surface area contributed by atoms with Gasteiger partial charge in [0.1, 0.15) is 12.4 Å². The second kappa shape index (κ2) is 8.57. The molecule has 0 amide bonds. The Morgan fingerprint density at radius 2 is 2.17 bits per heavy atom. The molecule has 0 fully saturated rings. The van der Waals surface area contributed by atoms with E-state index in [1.165, 1.54) is 6.42 Å². The highest BCUT2D eigenvalue weighted by molar-refractivity contribution is 5.39. The Bertz CT molecular complexity index is 406. The number of rotatable bonds is 6. The third-order valence-electron chi connectivity index (χ3n) is 2.52. The number of likely N-dealkylation sites (N-methyl/N-ethyl adjacent to an activating group) is 1. The smallest absolute Gasteiger partial charge is 0.120 e. The first-order chi connectivity index (χ1) is 8.76. The van der Waals surface area contributed by atoms with Crippen molar-refractivity contribution < 1.29 is 4.74 Å². The summed E-state index contributed by atoms with van der Waals surface area (Å²) in [5, 5.41) is 0. The van der Waals surface area contributed by atoms with Crippen molar-refractivity contribution in [3.05, 3.63) is 29.8 Å². The van der Waals surface area contributed by atoms with Crippen molar-refractivity contribution in [3.63, 3.8) is 0 Å². The molecule has 0 aliphatic heterocycles. The highest BCUT2D eigenvalue weighted by atomic mass is 16.5. The summed E-state index contributed by atoms with van der Waals surface area (Å²) in [5.74, 6) is 6.70. The minimum absolute atomic E-state index is 0.382. The van der Waals surface area contributed by atoms with Crippen LogP contribution in [0.3, 0.4) is 0 Å². The molecular formula is C15H22N2O. The van der Waals surface area contributed by atoms with Crippen LogP contribution < -0.4 is 10.5 Å². The number of nitrogens with two attached hydrogens (primary N) is 1. The van der Waals surface area contributed by atoms with Gasteiger partial charge in [-0.2, -0.15) is 0 Å². The molecule has 1 aromatic carbocycles. The van der Waals surface area contributed by atoms with Crippen molar-refractivity contribution in [1.29, 1.82) is 0 Å². The van der Waals surface area contributed by atoms with Crippen LogP contribution in [0.1, 0.15) is 18.9 Å². The molecule has 3 heteroatoms. The fourth-order valence-electron chi connectivity index (χ4n) is 1.63. The van der Waals surface area contributed by atoms with Gasteiger partial charge < -0.3 is 15.4 Å². The van der Waals surface area contributed by atoms with Crippen molar-refractivity contribution in [2.24, 2.45) is 5.73 Å². The van der Waals surface area contributed by atoms with Gasteiger partial charge in [-0.25, -0.2) is 0 Å². The van der Waals surface area contributed by atoms with Gasteiger partial charge >= 0.3 is 0 Å². The summed E-state index contributed by atoms with van der Waals surface area (Å²) >= 11 is 0. The maximum atomic E-state index is 5.70. The highest BCUT2D eigenvalue weighted by Gasteiger charge is 1.98. The molecule has 0 unspecified atom stereocenters. The van der Waals surface area contributed by atoms with E-state index in [2.05, 4.69) is 30.7 Å². The number of nitrogens with zero attached hydrogens (tertiary/aromatic N) is 1. The summed E-state index contributed by atoms with van der Waals surface area (Å²) in [6, 6.07) is 7.81. The number of hydrogen-bond acceptors (Lipinski definition) is 3. The second-order valence-electron chi connectivity index (χ2n) is 4.19. The van der Waals surface area contributed by atoms with E-state index in [4.69, 9.17) is 10.5 Å². The van der Waals surface area contributed by atoms with Crippen LogP contribution in [0.2, 0.25) is 0 Å². The van der Waals surface area contributed by atoms with Crippen LogP contribution in [-0.4, -0.2) is 38.2 Å². The normalized spacial score (nSPS) is 10.0. The van der Waals surface area contributed by atoms with Crippen LogP contribution in [0.4, 0.5) is 0 Å². The molecule has 0 saturated carbocycles. The van der Waals surface area contributed by atoms with Crippen LogP contribution in [0.15, 0.2) is 24.3 Å². The lowest BCUT2D eigenvalue weighted by atomic mass is 10.2. The Labute approximate surface area is 110 Å². The number of hydrogen-bond donors (Lipinski definition) is 1. The molecule has 18 heavy (non-hydrogen) atoms. The van der Waals surface area contributed by atoms with Gasteiger partial charge in [0.25, 0.3) is 0 Å². The van der Waals surface area contributed by atoms with Crippen molar-refractivity contribution in [2.45, 2.75) is 13.3 Å². The molecule has 2 N–H and O–H groups in total. The lowest BCUT2D eigenvalue weighted by Crippen LogP contribution is -2.24. The van der Waals surface area contributed by atoms with Crippen LogP contribution in [0, 0.1) is 11.8 Å². The van der Waals surface area contributed by atoms with Gasteiger partial charge in [-0.15, -0.1) is 0 Å². The van der Waals surface area contributed by atoms with E-state index in [0.717, 1.165) is 24.4 Å². The summed E-state index contributed by atoms with van der Waals surface area (Å²) in [6.45, 7) is 5.30. The molecule has 0 aromatic heterocycles. The minimum Gasteiger partial charge on any atom is -0.492 e. The maximum Gasteiger partial charge on any atom is 0.120 e. The molecule has 0 spiro atoms. The monoisotopic (exact) mass is 246 g/mol. The Balaban J connectivity index is 2.42. The van der Waals surface area contributed by atoms with Gasteiger partial charge in [-0.1, -0.05) is 24.8 Å². The SMILES string of the molecule is CCCN(C)CCOc1cccc(C#CCN)c1. The van der Waals surface area contributed by atoms with Crippen molar-refractivity contribution >= 4 is 0 Å². The topological polar surface area (TPSA) is 38.5 Å². The third-order valence-corrected chi connectivity index (χ3v) is 2.52. The van der Waals surface area contributed by atoms with E-state index >= 15 is 0 Å². The molecule has 0 bridgehead atoms. The van der Waals surface area contributed by atoms with Crippen molar-refractivity contribution in [1.82, 2.24) is 4.90 Å². The fourth-order valence-corrected chi connectivity index (χ4v) is 1.63. The first-order valence-corrected chi connectivity index (χ1v) is 6.36. The van der Waals surface area contributed by atoms with Gasteiger partial charge in [0.15, 0.2) is 0 Å². The summed E-state index contributed by atoms with van der Waals surface area (Å²) in [5.41, 5.74) is 6.29. The summed E-state index contributed by atoms with van der Waals surface area (Å²) in [4.78, 5) is 2.26. The number of benzene rings is 1. The Morgan fingerprint density at radius 3 is 2.89 bits per heavy atom. The molecule has 0 aliphatic rings. The van der Waals surface area contributed by atoms with Gasteiger partial charge in [0.2, 0.25) is 0 Å². The molecule has 0 atom stereocenters. The zero-order chi connectivity index (χ0) is 13.2. The van der Waals surface area contributed by atoms with E-state index in [1.807, 2.05) is 24.3 Å². The van der Waals surface area contributed by atoms with E-state index in [-0.39, 0.29) is 0 Å². The molecule has 0 heterocycles. The highest BCUT2D eigenvalue weighted by Crippen LogP contribution is 2.12. The van der Waals surface area contributed by atoms with Crippen LogP contribution in [0.5, 0.6) is 5.75 Å². The number of ether oxygens (including phenoxy) is 1. The standard InChI is InChI=1S/C15H22N2O/c1-3-10-17(2)11-12-18-15-8-4-6-14(13-15)7-5-9-16/h4,6,8,13H,3,9-12,16H2,1-2H3. The molecule has 0 saturated heterocycles. The molecular weight excluding hydrogens is 224 g/mol. The molecule has 0 aliphatic carbocycles. The largest absolute Gasteiger partial charge is 0.492 e. The second-order valence-corrected chi connectivity index (χ2v) is 4.19. The van der Waals surface area contributed by atoms with Crippen molar-refractivity contribution in [3.8, 4) is 17.6 Å². The van der Waals surface area contributed by atoms with Gasteiger partial charge in [-0.05, 0) is 38.2 Å². The predicted molar refractivity (Wildman–Crippen MR) is 75.7 cm³/mol. The van der Waals surface area contributed by atoms with E-state index < -0.39 is 0 Å². The first kappa shape index (κ1) is 14.6. The minimum atomic E-state index is 0.382. The Hall–Kier alpha value is -1.50. The van der Waals surface area contributed by atoms with Gasteiger partial charge in [0.05, 0.1) is 6.54 Å². The molecule has 98 valence electrons. The average Bonchev–Trinajstić information content (AvgIpc) is 2.37. The van der Waals surface area contributed by atoms with Gasteiger partial charge in [0, 0.05) is 12.1 Å². The average molecular weight is 246 g/mol. The maximum absolute atomic E-state index is 5.70.